The number of benzene rings is 2. The van der Waals surface area contributed by atoms with Crippen LogP contribution in [0.3, 0.4) is 0 Å². The van der Waals surface area contributed by atoms with Gasteiger partial charge in [-0.05, 0) is 29.7 Å². The van der Waals surface area contributed by atoms with Crippen LogP contribution in [0.5, 0.6) is 5.75 Å². The van der Waals surface area contributed by atoms with E-state index in [1.807, 2.05) is 12.1 Å². The maximum Gasteiger partial charge on any atom is 0.169 e. The number of hydrogen-bond donors (Lipinski definition) is 1. The van der Waals surface area contributed by atoms with Gasteiger partial charge in [-0.3, -0.25) is 4.79 Å². The smallest absolute Gasteiger partial charge is 0.169 e. The normalized spacial score (nSPS) is 10.3. The van der Waals surface area contributed by atoms with E-state index in [-0.39, 0.29) is 5.78 Å². The van der Waals surface area contributed by atoms with Gasteiger partial charge < -0.3 is 10.5 Å². The van der Waals surface area contributed by atoms with Crippen molar-refractivity contribution in [3.63, 3.8) is 0 Å². The van der Waals surface area contributed by atoms with Gasteiger partial charge in [-0.15, -0.1) is 0 Å². The molecule has 2 rings (SSSR count). The van der Waals surface area contributed by atoms with Crippen LogP contribution in [-0.2, 0) is 12.8 Å². The molecule has 3 heteroatoms. The zero-order valence-corrected chi connectivity index (χ0v) is 11.8. The van der Waals surface area contributed by atoms with Crippen LogP contribution in [-0.4, -0.2) is 12.9 Å². The molecule has 0 amide bonds. The van der Waals surface area contributed by atoms with Gasteiger partial charge in [-0.25, -0.2) is 0 Å². The van der Waals surface area contributed by atoms with Crippen LogP contribution >= 0.6 is 0 Å². The number of carbonyl (C=O) groups is 1. The molecule has 0 atom stereocenters. The van der Waals surface area contributed by atoms with Crippen molar-refractivity contribution in [2.75, 3.05) is 12.8 Å². The van der Waals surface area contributed by atoms with Crippen LogP contribution in [0.1, 0.15) is 28.4 Å². The fraction of sp³-hybridized carbons (Fsp3) is 0.235. The summed E-state index contributed by atoms with van der Waals surface area (Å²) in [5, 5.41) is 0. The van der Waals surface area contributed by atoms with E-state index in [1.165, 1.54) is 5.56 Å². The van der Waals surface area contributed by atoms with Crippen molar-refractivity contribution in [3.8, 4) is 5.75 Å². The molecule has 2 aromatic carbocycles. The molecule has 0 saturated carbocycles. The quantitative estimate of drug-likeness (QED) is 0.669. The van der Waals surface area contributed by atoms with Gasteiger partial charge in [0.2, 0.25) is 0 Å². The number of hydrogen-bond acceptors (Lipinski definition) is 3. The molecule has 104 valence electrons. The molecule has 20 heavy (non-hydrogen) atoms. The van der Waals surface area contributed by atoms with Crippen molar-refractivity contribution in [3.05, 3.63) is 59.2 Å². The summed E-state index contributed by atoms with van der Waals surface area (Å²) in [6, 6.07) is 13.3. The maximum atomic E-state index is 12.3. The number of nitrogens with two attached hydrogens (primary N) is 1. The third-order valence-corrected chi connectivity index (χ3v) is 3.36. The lowest BCUT2D eigenvalue weighted by atomic mass is 10.0. The number of methoxy groups -OCH3 is 1. The molecule has 0 aliphatic carbocycles. The van der Waals surface area contributed by atoms with E-state index < -0.39 is 0 Å². The first-order valence-electron chi connectivity index (χ1n) is 6.68. The summed E-state index contributed by atoms with van der Waals surface area (Å²) < 4.78 is 5.08. The Balaban J connectivity index is 2.14. The first-order valence-corrected chi connectivity index (χ1v) is 6.68. The predicted molar refractivity (Wildman–Crippen MR) is 81.3 cm³/mol. The molecule has 0 saturated heterocycles. The third-order valence-electron chi connectivity index (χ3n) is 3.36. The first kappa shape index (κ1) is 14.1. The lowest BCUT2D eigenvalue weighted by molar-refractivity contribution is 0.0994. The average Bonchev–Trinajstić information content (AvgIpc) is 2.47. The number of aryl methyl sites for hydroxylation is 1. The molecule has 0 radical (unpaired) electrons. The Labute approximate surface area is 119 Å². The Morgan fingerprint density at radius 3 is 2.30 bits per heavy atom. The van der Waals surface area contributed by atoms with Gasteiger partial charge >= 0.3 is 0 Å². The third kappa shape index (κ3) is 3.18. The van der Waals surface area contributed by atoms with Crippen LogP contribution in [0.2, 0.25) is 0 Å². The fourth-order valence-corrected chi connectivity index (χ4v) is 2.10. The summed E-state index contributed by atoms with van der Waals surface area (Å²) in [5.74, 6) is 0.681. The van der Waals surface area contributed by atoms with Crippen LogP contribution in [0.25, 0.3) is 0 Å². The van der Waals surface area contributed by atoms with Gasteiger partial charge in [0, 0.05) is 23.7 Å². The van der Waals surface area contributed by atoms with E-state index in [2.05, 4.69) is 19.1 Å². The maximum absolute atomic E-state index is 12.3. The van der Waals surface area contributed by atoms with Crippen molar-refractivity contribution in [1.82, 2.24) is 0 Å². The van der Waals surface area contributed by atoms with Crippen molar-refractivity contribution >= 4 is 11.5 Å². The van der Waals surface area contributed by atoms with Gasteiger partial charge in [0.05, 0.1) is 7.11 Å². The molecule has 2 N–H and O–H groups in total. The van der Waals surface area contributed by atoms with E-state index >= 15 is 0 Å². The number of ketones is 1. The summed E-state index contributed by atoms with van der Waals surface area (Å²) in [4.78, 5) is 12.3. The second-order valence-corrected chi connectivity index (χ2v) is 4.72. The van der Waals surface area contributed by atoms with Gasteiger partial charge in [0.1, 0.15) is 5.75 Å². The van der Waals surface area contributed by atoms with E-state index in [9.17, 15) is 4.79 Å². The number of carbonyl (C=O) groups excluding carboxylic acids is 1. The van der Waals surface area contributed by atoms with Gasteiger partial charge in [0.25, 0.3) is 0 Å². The van der Waals surface area contributed by atoms with Gasteiger partial charge in [0.15, 0.2) is 5.78 Å². The summed E-state index contributed by atoms with van der Waals surface area (Å²) in [6.45, 7) is 2.11. The molecule has 0 fully saturated rings. The molecule has 0 unspecified atom stereocenters. The Kier molecular flexibility index (Phi) is 4.41. The minimum Gasteiger partial charge on any atom is -0.497 e. The van der Waals surface area contributed by atoms with Gasteiger partial charge in [-0.2, -0.15) is 0 Å². The van der Waals surface area contributed by atoms with E-state index in [1.54, 1.807) is 25.3 Å². The summed E-state index contributed by atoms with van der Waals surface area (Å²) in [7, 11) is 1.57. The highest BCUT2D eigenvalue weighted by Crippen LogP contribution is 2.21. The van der Waals surface area contributed by atoms with Crippen LogP contribution in [0.15, 0.2) is 42.5 Å². The highest BCUT2D eigenvalue weighted by atomic mass is 16.5. The number of rotatable bonds is 5. The highest BCUT2D eigenvalue weighted by Gasteiger charge is 2.11. The van der Waals surface area contributed by atoms with Crippen LogP contribution < -0.4 is 10.5 Å². The van der Waals surface area contributed by atoms with E-state index in [4.69, 9.17) is 10.5 Å². The monoisotopic (exact) mass is 269 g/mol. The van der Waals surface area contributed by atoms with Crippen molar-refractivity contribution in [1.29, 1.82) is 0 Å². The molecule has 0 aromatic heterocycles. The number of Topliss-reactive ketones (excluding diaryl/α,β-unsaturated/α-hetero) is 1. The predicted octanol–water partition coefficient (Wildman–Crippen LogP) is 3.27. The Bertz CT molecular complexity index is 603. The highest BCUT2D eigenvalue weighted by molar-refractivity contribution is 6.02. The first-order chi connectivity index (χ1) is 9.63. The number of nitrogen functional groups attached to an aromatic ring is 1. The van der Waals surface area contributed by atoms with E-state index in [0.717, 1.165) is 12.0 Å². The molecule has 0 aliphatic heterocycles. The average molecular weight is 269 g/mol. The molecular weight excluding hydrogens is 250 g/mol. The number of anilines is 1. The summed E-state index contributed by atoms with van der Waals surface area (Å²) in [6.07, 6.45) is 1.36. The lowest BCUT2D eigenvalue weighted by Gasteiger charge is -2.07. The molecule has 0 heterocycles. The minimum absolute atomic E-state index is 0.0226. The molecule has 0 aliphatic rings. The molecule has 0 spiro atoms. The second kappa shape index (κ2) is 6.24. The Hall–Kier alpha value is -2.29. The zero-order valence-electron chi connectivity index (χ0n) is 11.8. The molecule has 2 aromatic rings. The topological polar surface area (TPSA) is 52.3 Å². The standard InChI is InChI=1S/C17H19NO2/c1-3-12-4-6-13(7-5-12)10-17(19)15-9-8-14(20-2)11-16(15)18/h4-9,11H,3,10,18H2,1-2H3. The van der Waals surface area contributed by atoms with Crippen molar-refractivity contribution < 1.29 is 9.53 Å². The van der Waals surface area contributed by atoms with Crippen molar-refractivity contribution in [2.24, 2.45) is 0 Å². The van der Waals surface area contributed by atoms with Crippen LogP contribution in [0, 0.1) is 0 Å². The molecular formula is C17H19NO2. The number of ether oxygens (including phenoxy) is 1. The minimum atomic E-state index is 0.0226. The zero-order chi connectivity index (χ0) is 14.5. The Morgan fingerprint density at radius 1 is 1.10 bits per heavy atom. The van der Waals surface area contributed by atoms with Crippen LogP contribution in [0.4, 0.5) is 5.69 Å². The molecule has 0 bridgehead atoms. The SMILES string of the molecule is CCc1ccc(CC(=O)c2ccc(OC)cc2N)cc1. The summed E-state index contributed by atoms with van der Waals surface area (Å²) in [5.41, 5.74) is 9.17. The largest absolute Gasteiger partial charge is 0.497 e. The van der Waals surface area contributed by atoms with Crippen molar-refractivity contribution in [2.45, 2.75) is 19.8 Å². The van der Waals surface area contributed by atoms with E-state index in [0.29, 0.717) is 23.4 Å². The lowest BCUT2D eigenvalue weighted by Crippen LogP contribution is -2.07. The fourth-order valence-electron chi connectivity index (χ4n) is 2.10. The van der Waals surface area contributed by atoms with Gasteiger partial charge in [-0.1, -0.05) is 31.2 Å². The second-order valence-electron chi connectivity index (χ2n) is 4.72. The Morgan fingerprint density at radius 2 is 1.75 bits per heavy atom. The summed E-state index contributed by atoms with van der Waals surface area (Å²) >= 11 is 0. The molecule has 3 nitrogen and oxygen atoms in total.